The van der Waals surface area contributed by atoms with Gasteiger partial charge in [0.25, 0.3) is 5.56 Å². The maximum Gasteiger partial charge on any atom is 0.338 e. The third-order valence-corrected chi connectivity index (χ3v) is 7.56. The number of hydrogen-bond donors (Lipinski definition) is 0. The van der Waals surface area contributed by atoms with Gasteiger partial charge in [0.1, 0.15) is 18.2 Å². The van der Waals surface area contributed by atoms with Crippen molar-refractivity contribution in [1.82, 2.24) is 4.57 Å². The first kappa shape index (κ1) is 28.7. The zero-order valence-electron chi connectivity index (χ0n) is 22.0. The number of hydrogen-bond acceptors (Lipinski definition) is 7. The summed E-state index contributed by atoms with van der Waals surface area (Å²) in [6.07, 6.45) is 4.57. The number of esters is 1. The third kappa shape index (κ3) is 6.49. The van der Waals surface area contributed by atoms with E-state index in [2.05, 4.69) is 11.9 Å². The Morgan fingerprint density at radius 1 is 1.15 bits per heavy atom. The van der Waals surface area contributed by atoms with Crippen LogP contribution in [0.15, 0.2) is 63.5 Å². The number of aromatic nitrogens is 1. The fourth-order valence-electron chi connectivity index (χ4n) is 4.26. The van der Waals surface area contributed by atoms with Crippen LogP contribution in [0.2, 0.25) is 5.02 Å². The second-order valence-electron chi connectivity index (χ2n) is 8.97. The van der Waals surface area contributed by atoms with Gasteiger partial charge in [-0.3, -0.25) is 9.36 Å². The Balaban J connectivity index is 1.80. The van der Waals surface area contributed by atoms with Gasteiger partial charge in [-0.25, -0.2) is 14.2 Å². The monoisotopic (exact) mass is 572 g/mol. The summed E-state index contributed by atoms with van der Waals surface area (Å²) in [5.74, 6) is -0.441. The number of rotatable bonds is 11. The summed E-state index contributed by atoms with van der Waals surface area (Å²) in [5, 5.41) is 0.186. The highest BCUT2D eigenvalue weighted by molar-refractivity contribution is 7.07. The smallest absolute Gasteiger partial charge is 0.338 e. The molecule has 2 aromatic carbocycles. The lowest BCUT2D eigenvalue weighted by Gasteiger charge is -2.25. The van der Waals surface area contributed by atoms with Gasteiger partial charge in [0.15, 0.2) is 4.80 Å². The van der Waals surface area contributed by atoms with Crippen LogP contribution in [0.4, 0.5) is 4.39 Å². The fraction of sp³-hybridized carbons (Fsp3) is 0.345. The van der Waals surface area contributed by atoms with Crippen molar-refractivity contribution >= 4 is 35.0 Å². The van der Waals surface area contributed by atoms with E-state index in [4.69, 9.17) is 25.8 Å². The minimum Gasteiger partial charge on any atom is -0.494 e. The Hall–Kier alpha value is -3.27. The molecule has 1 atom stereocenters. The summed E-state index contributed by atoms with van der Waals surface area (Å²) in [7, 11) is 1.51. The molecule has 0 N–H and O–H groups in total. The number of carbonyl (C=O) groups is 1. The van der Waals surface area contributed by atoms with Gasteiger partial charge >= 0.3 is 5.97 Å². The maximum atomic E-state index is 14.5. The van der Waals surface area contributed by atoms with Gasteiger partial charge in [-0.05, 0) is 49.2 Å². The first-order valence-electron chi connectivity index (χ1n) is 12.7. The average molecular weight is 573 g/mol. The number of ether oxygens (including phenoxy) is 3. The van der Waals surface area contributed by atoms with E-state index >= 15 is 0 Å². The minimum absolute atomic E-state index is 0.0551. The van der Waals surface area contributed by atoms with Crippen molar-refractivity contribution in [3.63, 3.8) is 0 Å². The van der Waals surface area contributed by atoms with E-state index in [-0.39, 0.29) is 33.9 Å². The lowest BCUT2D eigenvalue weighted by Crippen LogP contribution is -2.40. The molecule has 0 saturated carbocycles. The van der Waals surface area contributed by atoms with Crippen molar-refractivity contribution < 1.29 is 23.4 Å². The van der Waals surface area contributed by atoms with Crippen molar-refractivity contribution in [2.24, 2.45) is 4.99 Å². The lowest BCUT2D eigenvalue weighted by molar-refractivity contribution is -0.140. The van der Waals surface area contributed by atoms with E-state index in [1.165, 1.54) is 29.9 Å². The molecule has 4 rings (SSSR count). The summed E-state index contributed by atoms with van der Waals surface area (Å²) in [5.41, 5.74) is 1.04. The van der Waals surface area contributed by atoms with E-state index in [1.807, 2.05) is 24.3 Å². The largest absolute Gasteiger partial charge is 0.494 e. The van der Waals surface area contributed by atoms with E-state index in [0.29, 0.717) is 28.4 Å². The summed E-state index contributed by atoms with van der Waals surface area (Å²) >= 11 is 7.31. The molecule has 0 radical (unpaired) electrons. The lowest BCUT2D eigenvalue weighted by atomic mass is 9.96. The molecule has 0 fully saturated rings. The van der Waals surface area contributed by atoms with Gasteiger partial charge in [-0.2, -0.15) is 0 Å². The van der Waals surface area contributed by atoms with Crippen molar-refractivity contribution in [1.29, 1.82) is 0 Å². The molecule has 0 aliphatic carbocycles. The molecule has 0 spiro atoms. The predicted octanol–water partition coefficient (Wildman–Crippen LogP) is 4.79. The van der Waals surface area contributed by atoms with E-state index < -0.39 is 23.4 Å². The molecule has 206 valence electrons. The van der Waals surface area contributed by atoms with Crippen LogP contribution >= 0.6 is 22.9 Å². The van der Waals surface area contributed by atoms with E-state index in [9.17, 15) is 14.0 Å². The quantitative estimate of drug-likeness (QED) is 0.244. The summed E-state index contributed by atoms with van der Waals surface area (Å²) < 4.78 is 32.5. The van der Waals surface area contributed by atoms with Gasteiger partial charge in [0.05, 0.1) is 40.1 Å². The SMILES string of the molecule is CCCCCOc1ccc(C2C(C(=O)OCCOC)=C(C)N=c3sc(=Cc4c(F)cccc4Cl)c(=O)n32)cc1. The van der Waals surface area contributed by atoms with Crippen LogP contribution < -0.4 is 19.6 Å². The van der Waals surface area contributed by atoms with Crippen LogP contribution in [0.25, 0.3) is 6.08 Å². The van der Waals surface area contributed by atoms with Crippen LogP contribution in [-0.2, 0) is 14.3 Å². The highest BCUT2D eigenvalue weighted by atomic mass is 35.5. The molecule has 0 amide bonds. The van der Waals surface area contributed by atoms with Crippen LogP contribution in [0.5, 0.6) is 5.75 Å². The molecule has 1 aromatic heterocycles. The number of thiazole rings is 1. The van der Waals surface area contributed by atoms with Crippen LogP contribution in [-0.4, -0.2) is 37.5 Å². The topological polar surface area (TPSA) is 79.1 Å². The molecule has 10 heteroatoms. The highest BCUT2D eigenvalue weighted by Gasteiger charge is 2.33. The van der Waals surface area contributed by atoms with Crippen molar-refractivity contribution in [3.8, 4) is 5.75 Å². The van der Waals surface area contributed by atoms with Crippen LogP contribution in [0.3, 0.4) is 0 Å². The Kier molecular flexibility index (Phi) is 9.72. The summed E-state index contributed by atoms with van der Waals surface area (Å²) in [6, 6.07) is 10.8. The Morgan fingerprint density at radius 3 is 2.62 bits per heavy atom. The molecule has 1 aliphatic rings. The fourth-order valence-corrected chi connectivity index (χ4v) is 5.51. The normalized spacial score (nSPS) is 15.2. The Bertz CT molecular complexity index is 1520. The molecule has 0 saturated heterocycles. The van der Waals surface area contributed by atoms with E-state index in [1.54, 1.807) is 13.0 Å². The number of nitrogens with zero attached hydrogens (tertiary/aromatic N) is 2. The van der Waals surface area contributed by atoms with Crippen molar-refractivity contribution in [3.05, 3.63) is 95.4 Å². The average Bonchev–Trinajstić information content (AvgIpc) is 3.22. The second kappa shape index (κ2) is 13.2. The first-order chi connectivity index (χ1) is 18.8. The Morgan fingerprint density at radius 2 is 1.92 bits per heavy atom. The van der Waals surface area contributed by atoms with Crippen molar-refractivity contribution in [2.75, 3.05) is 26.9 Å². The van der Waals surface area contributed by atoms with Gasteiger partial charge in [-0.1, -0.05) is 60.9 Å². The van der Waals surface area contributed by atoms with Gasteiger partial charge in [0, 0.05) is 12.7 Å². The maximum absolute atomic E-state index is 14.5. The Labute approximate surface area is 234 Å². The predicted molar refractivity (Wildman–Crippen MR) is 149 cm³/mol. The van der Waals surface area contributed by atoms with Crippen LogP contribution in [0.1, 0.15) is 50.3 Å². The zero-order chi connectivity index (χ0) is 27.9. The number of allylic oxidation sites excluding steroid dienone is 1. The molecule has 1 aliphatic heterocycles. The van der Waals surface area contributed by atoms with Crippen molar-refractivity contribution in [2.45, 2.75) is 39.2 Å². The molecule has 2 heterocycles. The standard InChI is InChI=1S/C29H30ClFN2O5S/c1-4-5-6-14-37-20-12-10-19(11-13-20)26-25(28(35)38-16-15-36-3)18(2)32-29-33(26)27(34)24(39-29)17-21-22(30)8-7-9-23(21)31/h7-13,17,26H,4-6,14-16H2,1-3H3. The number of methoxy groups -OCH3 is 1. The first-order valence-corrected chi connectivity index (χ1v) is 13.9. The number of unbranched alkanes of at least 4 members (excludes halogenated alkanes) is 2. The molecule has 1 unspecified atom stereocenters. The third-order valence-electron chi connectivity index (χ3n) is 6.25. The number of benzene rings is 2. The highest BCUT2D eigenvalue weighted by Crippen LogP contribution is 2.32. The summed E-state index contributed by atoms with van der Waals surface area (Å²) in [6.45, 7) is 4.73. The van der Waals surface area contributed by atoms with Gasteiger partial charge in [-0.15, -0.1) is 0 Å². The summed E-state index contributed by atoms with van der Waals surface area (Å²) in [4.78, 5) is 31.9. The number of fused-ring (bicyclic) bond motifs is 1. The minimum atomic E-state index is -0.802. The van der Waals surface area contributed by atoms with Gasteiger partial charge < -0.3 is 14.2 Å². The zero-order valence-corrected chi connectivity index (χ0v) is 23.6. The molecule has 39 heavy (non-hydrogen) atoms. The molecule has 0 bridgehead atoms. The number of carbonyl (C=O) groups excluding carboxylic acids is 1. The molecule has 7 nitrogen and oxygen atoms in total. The van der Waals surface area contributed by atoms with E-state index in [0.717, 1.165) is 30.6 Å². The van der Waals surface area contributed by atoms with Crippen LogP contribution in [0, 0.1) is 5.82 Å². The van der Waals surface area contributed by atoms with Gasteiger partial charge in [0.2, 0.25) is 0 Å². The second-order valence-corrected chi connectivity index (χ2v) is 10.4. The number of halogens is 2. The molecular formula is C29H30ClFN2O5S. The molecule has 3 aromatic rings. The molecular weight excluding hydrogens is 543 g/mol.